The third-order valence-corrected chi connectivity index (χ3v) is 4.60. The van der Waals surface area contributed by atoms with Gasteiger partial charge in [0.25, 0.3) is 0 Å². The Morgan fingerprint density at radius 1 is 0.967 bits per heavy atom. The summed E-state index contributed by atoms with van der Waals surface area (Å²) in [5.41, 5.74) is 10.8. The van der Waals surface area contributed by atoms with E-state index in [4.69, 9.17) is 21.4 Å². The highest BCUT2D eigenvalue weighted by Crippen LogP contribution is 1.96. The zero-order valence-electron chi connectivity index (χ0n) is 20.1. The standard InChI is InChI=1S/2C7H19N2.C3H4O2.C2H6O4S/c2*1-4-9(2,3)7-5-6-8;1-2-3(4)5;1-2-6-7(3,4)5/h2*4-8H2,1-3H3;2H,1H2,(H,4,5);2H2,1H3,(H,3,4,5)/q2*+1;;/p-2. The average Bonchev–Trinajstić information content (AvgIpc) is 2.65. The monoisotopic (exact) mass is 458 g/mol. The van der Waals surface area contributed by atoms with E-state index in [9.17, 15) is 13.0 Å². The summed E-state index contributed by atoms with van der Waals surface area (Å²) < 4.78 is 34.2. The van der Waals surface area contributed by atoms with Crippen molar-refractivity contribution in [3.63, 3.8) is 0 Å². The Balaban J connectivity index is -0.000000154. The van der Waals surface area contributed by atoms with Crippen LogP contribution in [0.3, 0.4) is 0 Å². The summed E-state index contributed by atoms with van der Waals surface area (Å²) in [6.45, 7) is 15.1. The van der Waals surface area contributed by atoms with Crippen LogP contribution < -0.4 is 16.6 Å². The molecule has 0 aliphatic rings. The Hall–Kier alpha value is -1.08. The molecule has 184 valence electrons. The summed E-state index contributed by atoms with van der Waals surface area (Å²) in [5, 5.41) is 9.14. The van der Waals surface area contributed by atoms with Gasteiger partial charge in [-0.1, -0.05) is 6.58 Å². The Morgan fingerprint density at radius 3 is 1.37 bits per heavy atom. The highest BCUT2D eigenvalue weighted by atomic mass is 32.3. The van der Waals surface area contributed by atoms with Gasteiger partial charge in [0.2, 0.25) is 10.4 Å². The minimum absolute atomic E-state index is 0.0914. The maximum Gasteiger partial charge on any atom is 0.217 e. The van der Waals surface area contributed by atoms with E-state index < -0.39 is 16.4 Å². The maximum atomic E-state index is 9.45. The van der Waals surface area contributed by atoms with Crippen LogP contribution in [0.15, 0.2) is 12.7 Å². The number of nitrogens with zero attached hydrogens (tertiary/aromatic N) is 2. The number of carbonyl (C=O) groups excluding carboxylic acids is 1. The molecule has 0 saturated carbocycles. The van der Waals surface area contributed by atoms with E-state index in [1.165, 1.54) is 33.1 Å². The first-order chi connectivity index (χ1) is 13.6. The number of carboxylic acids is 1. The van der Waals surface area contributed by atoms with E-state index >= 15 is 0 Å². The van der Waals surface area contributed by atoms with Crippen LogP contribution in [-0.2, 0) is 19.4 Å². The molecular formula is C19H46N4O6S. The summed E-state index contributed by atoms with van der Waals surface area (Å²) in [6, 6.07) is 0. The predicted molar refractivity (Wildman–Crippen MR) is 119 cm³/mol. The fourth-order valence-corrected chi connectivity index (χ4v) is 1.79. The second-order valence-electron chi connectivity index (χ2n) is 7.57. The molecule has 0 rings (SSSR count). The number of hydrogen-bond acceptors (Lipinski definition) is 8. The predicted octanol–water partition coefficient (Wildman–Crippen LogP) is -0.732. The molecule has 0 bridgehead atoms. The van der Waals surface area contributed by atoms with E-state index in [1.807, 2.05) is 0 Å². The molecule has 0 amide bonds. The van der Waals surface area contributed by atoms with Crippen molar-refractivity contribution in [1.82, 2.24) is 0 Å². The second-order valence-corrected chi connectivity index (χ2v) is 8.63. The molecule has 0 atom stereocenters. The van der Waals surface area contributed by atoms with Crippen molar-refractivity contribution < 1.29 is 36.0 Å². The fraction of sp³-hybridized carbons (Fsp3) is 0.842. The lowest BCUT2D eigenvalue weighted by Gasteiger charge is -2.27. The lowest BCUT2D eigenvalue weighted by atomic mass is 10.3. The number of nitrogens with two attached hydrogens (primary N) is 2. The highest BCUT2D eigenvalue weighted by molar-refractivity contribution is 7.80. The summed E-state index contributed by atoms with van der Waals surface area (Å²) in [7, 11) is 4.50. The molecule has 11 heteroatoms. The number of carboxylic acid groups (broad SMARTS) is 1. The molecule has 0 aromatic rings. The SMILES string of the molecule is C=CC(=O)[O-].CCOS(=O)(=O)[O-].CC[N+](C)(C)CCCN.CC[N+](C)(C)CCCN. The number of quaternary nitrogens is 2. The topological polar surface area (TPSA) is 159 Å². The molecule has 0 radical (unpaired) electrons. The molecule has 0 unspecified atom stereocenters. The van der Waals surface area contributed by atoms with Crippen LogP contribution in [0.5, 0.6) is 0 Å². The van der Waals surface area contributed by atoms with Gasteiger partial charge in [0.1, 0.15) is 0 Å². The zero-order valence-corrected chi connectivity index (χ0v) is 20.9. The van der Waals surface area contributed by atoms with Gasteiger partial charge in [-0.05, 0) is 39.9 Å². The number of rotatable bonds is 11. The van der Waals surface area contributed by atoms with E-state index in [2.05, 4.69) is 52.8 Å². The lowest BCUT2D eigenvalue weighted by molar-refractivity contribution is -0.888. The molecule has 0 spiro atoms. The van der Waals surface area contributed by atoms with Crippen LogP contribution in [0.25, 0.3) is 0 Å². The summed E-state index contributed by atoms with van der Waals surface area (Å²) in [6.07, 6.45) is 3.00. The number of hydrogen-bond donors (Lipinski definition) is 2. The molecule has 0 aromatic heterocycles. The van der Waals surface area contributed by atoms with Crippen LogP contribution in [0.1, 0.15) is 33.6 Å². The number of aliphatic carboxylic acids is 1. The Morgan fingerprint density at radius 2 is 1.27 bits per heavy atom. The first-order valence-corrected chi connectivity index (χ1v) is 11.4. The van der Waals surface area contributed by atoms with E-state index in [1.54, 1.807) is 0 Å². The van der Waals surface area contributed by atoms with Crippen molar-refractivity contribution in [2.24, 2.45) is 11.5 Å². The lowest BCUT2D eigenvalue weighted by Crippen LogP contribution is -2.40. The Labute approximate surface area is 184 Å². The van der Waals surface area contributed by atoms with Gasteiger partial charge in [0.05, 0.1) is 66.9 Å². The van der Waals surface area contributed by atoms with Crippen LogP contribution in [0.4, 0.5) is 0 Å². The summed E-state index contributed by atoms with van der Waals surface area (Å²) >= 11 is 0. The van der Waals surface area contributed by atoms with Gasteiger partial charge in [0.15, 0.2) is 0 Å². The van der Waals surface area contributed by atoms with Gasteiger partial charge >= 0.3 is 0 Å². The number of carbonyl (C=O) groups is 1. The van der Waals surface area contributed by atoms with Crippen molar-refractivity contribution in [2.75, 3.05) is 74.1 Å². The third kappa shape index (κ3) is 41.3. The highest BCUT2D eigenvalue weighted by Gasteiger charge is 2.09. The van der Waals surface area contributed by atoms with Crippen molar-refractivity contribution in [2.45, 2.75) is 33.6 Å². The van der Waals surface area contributed by atoms with E-state index in [0.29, 0.717) is 0 Å². The van der Waals surface area contributed by atoms with Crippen molar-refractivity contribution >= 4 is 16.4 Å². The molecular weight excluding hydrogens is 412 g/mol. The van der Waals surface area contributed by atoms with Crippen molar-refractivity contribution in [3.8, 4) is 0 Å². The average molecular weight is 459 g/mol. The molecule has 0 aliphatic carbocycles. The molecule has 0 aromatic carbocycles. The molecule has 0 fully saturated rings. The van der Waals surface area contributed by atoms with Gasteiger partial charge in [-0.2, -0.15) is 0 Å². The molecule has 10 nitrogen and oxygen atoms in total. The van der Waals surface area contributed by atoms with Gasteiger partial charge in [0, 0.05) is 12.8 Å². The maximum absolute atomic E-state index is 9.45. The summed E-state index contributed by atoms with van der Waals surface area (Å²) in [4.78, 5) is 9.14. The molecule has 0 heterocycles. The van der Waals surface area contributed by atoms with Crippen LogP contribution >= 0.6 is 0 Å². The Kier molecular flexibility index (Phi) is 25.6. The van der Waals surface area contributed by atoms with E-state index in [0.717, 1.165) is 41.0 Å². The van der Waals surface area contributed by atoms with Crippen LogP contribution in [0.2, 0.25) is 0 Å². The van der Waals surface area contributed by atoms with Gasteiger partial charge in [-0.15, -0.1) is 0 Å². The largest absolute Gasteiger partial charge is 0.726 e. The van der Waals surface area contributed by atoms with Gasteiger partial charge < -0.3 is 34.9 Å². The van der Waals surface area contributed by atoms with Gasteiger partial charge in [-0.3, -0.25) is 4.18 Å². The van der Waals surface area contributed by atoms with Crippen LogP contribution in [-0.4, -0.2) is 102 Å². The smallest absolute Gasteiger partial charge is 0.217 e. The minimum atomic E-state index is -4.42. The first kappa shape index (κ1) is 36.3. The van der Waals surface area contributed by atoms with Gasteiger partial charge in [-0.25, -0.2) is 8.42 Å². The fourth-order valence-electron chi connectivity index (χ4n) is 1.50. The third-order valence-electron chi connectivity index (χ3n) is 4.08. The normalized spacial score (nSPS) is 11.0. The molecule has 0 saturated heterocycles. The van der Waals surface area contributed by atoms with Crippen LogP contribution in [0, 0.1) is 0 Å². The zero-order chi connectivity index (χ0) is 24.9. The van der Waals surface area contributed by atoms with E-state index in [-0.39, 0.29) is 6.61 Å². The van der Waals surface area contributed by atoms with Crippen molar-refractivity contribution in [3.05, 3.63) is 12.7 Å². The minimum Gasteiger partial charge on any atom is -0.726 e. The molecule has 4 N–H and O–H groups in total. The summed E-state index contributed by atoms with van der Waals surface area (Å²) in [5.74, 6) is -1.23. The molecule has 30 heavy (non-hydrogen) atoms. The van der Waals surface area contributed by atoms with Crippen molar-refractivity contribution in [1.29, 1.82) is 0 Å². The second kappa shape index (κ2) is 21.2. The first-order valence-electron chi connectivity index (χ1n) is 10.1. The quantitative estimate of drug-likeness (QED) is 0.177. The Bertz CT molecular complexity index is 491. The molecule has 0 aliphatic heterocycles.